The van der Waals surface area contributed by atoms with Crippen LogP contribution in [-0.4, -0.2) is 44.9 Å². The zero-order valence-corrected chi connectivity index (χ0v) is 27.1. The Morgan fingerprint density at radius 1 is 0.543 bits per heavy atom. The molecule has 0 saturated carbocycles. The number of unbranched alkanes of at least 4 members (excludes halogenated alkanes) is 14. The van der Waals surface area contributed by atoms with Crippen LogP contribution in [0.2, 0.25) is 8.87 Å². The van der Waals surface area contributed by atoms with Gasteiger partial charge in [0.25, 0.3) is 0 Å². The van der Waals surface area contributed by atoms with Crippen molar-refractivity contribution in [3.63, 3.8) is 0 Å². The number of hydrogen-bond donors (Lipinski definition) is 0. The van der Waals surface area contributed by atoms with Gasteiger partial charge in [0.15, 0.2) is 0 Å². The predicted molar refractivity (Wildman–Crippen MR) is 153 cm³/mol. The van der Waals surface area contributed by atoms with Crippen molar-refractivity contribution in [3.8, 4) is 0 Å². The molecule has 0 amide bonds. The summed E-state index contributed by atoms with van der Waals surface area (Å²) in [6.45, 7) is 9.77. The first-order valence-electron chi connectivity index (χ1n) is 15.2. The Balaban J connectivity index is 4.77. The molecule has 0 aromatic carbocycles. The van der Waals surface area contributed by atoms with Gasteiger partial charge in [-0.05, 0) is 0 Å². The molecular weight excluding hydrogens is 543 g/mol. The summed E-state index contributed by atoms with van der Waals surface area (Å²) >= 11 is -2.39. The van der Waals surface area contributed by atoms with E-state index in [4.69, 9.17) is 9.47 Å². The SMILES string of the molecule is CCCCCCCCCOC(=O)/C=[C](\C(=O)OCCCCCCCCC)[SnH]([CH2]CCC)[CH2]CCC. The standard InChI is InChI=1S/C22H39O4.2C4H9.Sn.H/c1-3-5-7-9-11-13-15-19-25-21(23)17-18-22(24)26-20-16-14-12-10-8-6-4-2;2*1-3-4-2;;/h17H,3-16,19-20H2,1-2H3;2*1,3-4H2,2H3;;. The summed E-state index contributed by atoms with van der Waals surface area (Å²) in [6.07, 6.45) is 22.8. The minimum absolute atomic E-state index is 0.225. The van der Waals surface area contributed by atoms with E-state index in [-0.39, 0.29) is 11.9 Å². The minimum atomic E-state index is -2.39. The fourth-order valence-corrected chi connectivity index (χ4v) is 14.4. The van der Waals surface area contributed by atoms with E-state index in [9.17, 15) is 9.59 Å². The summed E-state index contributed by atoms with van der Waals surface area (Å²) in [5.41, 5.74) is 0. The average molecular weight is 602 g/mol. The molecule has 0 saturated heterocycles. The third kappa shape index (κ3) is 21.3. The maximum absolute atomic E-state index is 13.1. The average Bonchev–Trinajstić information content (AvgIpc) is 2.86. The molecule has 0 fully saturated rings. The van der Waals surface area contributed by atoms with Crippen LogP contribution in [0.5, 0.6) is 0 Å². The van der Waals surface area contributed by atoms with Gasteiger partial charge in [-0.25, -0.2) is 0 Å². The Morgan fingerprint density at radius 2 is 0.943 bits per heavy atom. The van der Waals surface area contributed by atoms with Crippen molar-refractivity contribution in [2.75, 3.05) is 13.2 Å². The molecule has 0 aliphatic rings. The summed E-state index contributed by atoms with van der Waals surface area (Å²) in [5, 5.41) is 0. The number of carbonyl (C=O) groups excluding carboxylic acids is 2. The quantitative estimate of drug-likeness (QED) is 0.0454. The molecule has 0 spiro atoms. The van der Waals surface area contributed by atoms with Gasteiger partial charge in [0, 0.05) is 0 Å². The molecule has 0 atom stereocenters. The Morgan fingerprint density at radius 3 is 1.40 bits per heavy atom. The number of rotatable bonds is 25. The number of hydrogen-bond acceptors (Lipinski definition) is 4. The molecule has 0 N–H and O–H groups in total. The zero-order chi connectivity index (χ0) is 26.0. The van der Waals surface area contributed by atoms with Gasteiger partial charge in [0.1, 0.15) is 0 Å². The van der Waals surface area contributed by atoms with Crippen molar-refractivity contribution in [2.24, 2.45) is 0 Å². The van der Waals surface area contributed by atoms with E-state index in [1.54, 1.807) is 6.08 Å². The van der Waals surface area contributed by atoms with Crippen molar-refractivity contribution in [2.45, 2.75) is 152 Å². The van der Waals surface area contributed by atoms with Gasteiger partial charge in [-0.3, -0.25) is 0 Å². The van der Waals surface area contributed by atoms with Crippen LogP contribution in [0.1, 0.15) is 143 Å². The third-order valence-electron chi connectivity index (χ3n) is 6.73. The molecule has 0 heterocycles. The molecule has 0 radical (unpaired) electrons. The second-order valence-corrected chi connectivity index (χ2v) is 19.2. The van der Waals surface area contributed by atoms with Gasteiger partial charge < -0.3 is 0 Å². The van der Waals surface area contributed by atoms with Gasteiger partial charge in [-0.1, -0.05) is 6.92 Å². The van der Waals surface area contributed by atoms with E-state index in [1.165, 1.54) is 64.2 Å². The van der Waals surface area contributed by atoms with Crippen LogP contribution in [0.3, 0.4) is 0 Å². The van der Waals surface area contributed by atoms with Gasteiger partial charge in [0.05, 0.1) is 0 Å². The van der Waals surface area contributed by atoms with E-state index < -0.39 is 19.8 Å². The molecule has 0 aromatic heterocycles. The molecule has 0 rings (SSSR count). The molecular formula is C30H58O4Sn. The molecule has 5 heteroatoms. The molecule has 0 aromatic rings. The first kappa shape index (κ1) is 34.5. The topological polar surface area (TPSA) is 52.6 Å². The summed E-state index contributed by atoms with van der Waals surface area (Å²) in [4.78, 5) is 25.7. The molecule has 0 unspecified atom stereocenters. The van der Waals surface area contributed by atoms with Crippen LogP contribution in [0, 0.1) is 0 Å². The van der Waals surface area contributed by atoms with Crippen molar-refractivity contribution in [1.82, 2.24) is 0 Å². The second kappa shape index (κ2) is 26.5. The second-order valence-electron chi connectivity index (χ2n) is 10.1. The van der Waals surface area contributed by atoms with Crippen LogP contribution in [0.15, 0.2) is 9.67 Å². The van der Waals surface area contributed by atoms with Crippen molar-refractivity contribution in [1.29, 1.82) is 0 Å². The van der Waals surface area contributed by atoms with Crippen molar-refractivity contribution < 1.29 is 19.1 Å². The molecule has 0 bridgehead atoms. The van der Waals surface area contributed by atoms with Gasteiger partial charge in [-0.15, -0.1) is 0 Å². The van der Waals surface area contributed by atoms with Crippen LogP contribution in [0.25, 0.3) is 0 Å². The monoisotopic (exact) mass is 602 g/mol. The van der Waals surface area contributed by atoms with Gasteiger partial charge in [-0.2, -0.15) is 0 Å². The zero-order valence-electron chi connectivity index (χ0n) is 23.8. The summed E-state index contributed by atoms with van der Waals surface area (Å²) in [6, 6.07) is 0. The molecule has 35 heavy (non-hydrogen) atoms. The van der Waals surface area contributed by atoms with E-state index >= 15 is 0 Å². The summed E-state index contributed by atoms with van der Waals surface area (Å²) in [7, 11) is 0. The van der Waals surface area contributed by atoms with E-state index in [0.29, 0.717) is 13.2 Å². The first-order valence-corrected chi connectivity index (χ1v) is 21.5. The van der Waals surface area contributed by atoms with Gasteiger partial charge in [0.2, 0.25) is 0 Å². The van der Waals surface area contributed by atoms with Crippen LogP contribution >= 0.6 is 0 Å². The van der Waals surface area contributed by atoms with Crippen molar-refractivity contribution >= 4 is 31.7 Å². The fourth-order valence-electron chi connectivity index (χ4n) is 4.41. The number of esters is 2. The Hall–Kier alpha value is -0.521. The van der Waals surface area contributed by atoms with E-state index in [1.807, 2.05) is 0 Å². The van der Waals surface area contributed by atoms with Crippen LogP contribution < -0.4 is 0 Å². The Kier molecular flexibility index (Phi) is 26.1. The number of carbonyl (C=O) groups is 2. The van der Waals surface area contributed by atoms with Gasteiger partial charge >= 0.3 is 219 Å². The van der Waals surface area contributed by atoms with E-state index in [0.717, 1.165) is 63.8 Å². The van der Waals surface area contributed by atoms with Crippen LogP contribution in [-0.2, 0) is 19.1 Å². The summed E-state index contributed by atoms with van der Waals surface area (Å²) in [5.74, 6) is -0.564. The predicted octanol–water partition coefficient (Wildman–Crippen LogP) is 8.87. The molecule has 206 valence electrons. The first-order chi connectivity index (χ1) is 17.1. The molecule has 0 aliphatic heterocycles. The maximum atomic E-state index is 13.1. The Labute approximate surface area is 225 Å². The molecule has 4 nitrogen and oxygen atoms in total. The van der Waals surface area contributed by atoms with E-state index in [2.05, 4.69) is 27.7 Å². The van der Waals surface area contributed by atoms with Crippen LogP contribution in [0.4, 0.5) is 0 Å². The number of ether oxygens (including phenoxy) is 2. The third-order valence-corrected chi connectivity index (χ3v) is 16.7. The Bertz CT molecular complexity index is 524. The summed E-state index contributed by atoms with van der Waals surface area (Å²) < 4.78 is 14.2. The fraction of sp³-hybridized carbons (Fsp3) is 0.867. The molecule has 0 aliphatic carbocycles. The normalized spacial score (nSPS) is 11.7. The van der Waals surface area contributed by atoms with Crippen molar-refractivity contribution in [3.05, 3.63) is 9.67 Å².